The Morgan fingerprint density at radius 2 is 1.88 bits per heavy atom. The summed E-state index contributed by atoms with van der Waals surface area (Å²) < 4.78 is 13.6. The second-order valence-corrected chi connectivity index (χ2v) is 6.89. The fraction of sp³-hybridized carbons (Fsp3) is 0.350. The molecule has 3 rings (SSSR count). The van der Waals surface area contributed by atoms with Gasteiger partial charge in [0.2, 0.25) is 0 Å². The summed E-state index contributed by atoms with van der Waals surface area (Å²) in [5, 5.41) is 3.64. The molecule has 0 radical (unpaired) electrons. The van der Waals surface area contributed by atoms with Crippen molar-refractivity contribution >= 4 is 23.3 Å². The molecule has 1 aliphatic rings. The molecule has 0 bridgehead atoms. The number of anilines is 1. The lowest BCUT2D eigenvalue weighted by Crippen LogP contribution is -2.52. The molecule has 0 spiro atoms. The summed E-state index contributed by atoms with van der Waals surface area (Å²) in [4.78, 5) is 16.3. The van der Waals surface area contributed by atoms with Gasteiger partial charge >= 0.3 is 6.03 Å². The van der Waals surface area contributed by atoms with Crippen LogP contribution in [-0.2, 0) is 6.42 Å². The molecule has 0 aliphatic carbocycles. The average molecular weight is 376 g/mol. The zero-order chi connectivity index (χ0) is 18.5. The van der Waals surface area contributed by atoms with E-state index in [1.54, 1.807) is 23.1 Å². The van der Waals surface area contributed by atoms with Gasteiger partial charge in [0.15, 0.2) is 0 Å². The standard InChI is InChI=1S/C20H23ClFN3O/c1-15-6-7-17(14-18(15)21)24-10-12-25(13-11-24)20(26)23-9-8-16-4-2-3-5-19(16)22/h2-7,14H,8-13H2,1H3,(H,23,26). The van der Waals surface area contributed by atoms with Crippen LogP contribution in [0.4, 0.5) is 14.9 Å². The minimum atomic E-state index is -0.230. The van der Waals surface area contributed by atoms with Crippen LogP contribution in [0.5, 0.6) is 0 Å². The third-order valence-corrected chi connectivity index (χ3v) is 5.12. The fourth-order valence-corrected chi connectivity index (χ4v) is 3.24. The highest BCUT2D eigenvalue weighted by molar-refractivity contribution is 6.31. The molecule has 1 N–H and O–H groups in total. The van der Waals surface area contributed by atoms with Gasteiger partial charge in [-0.25, -0.2) is 9.18 Å². The number of carbonyl (C=O) groups is 1. The number of nitrogens with one attached hydrogen (secondary N) is 1. The Kier molecular flexibility index (Phi) is 5.99. The van der Waals surface area contributed by atoms with E-state index in [1.807, 2.05) is 19.1 Å². The Balaban J connectivity index is 1.46. The van der Waals surface area contributed by atoms with Gasteiger partial charge in [-0.1, -0.05) is 35.9 Å². The number of hydrogen-bond donors (Lipinski definition) is 1. The summed E-state index contributed by atoms with van der Waals surface area (Å²) in [6.07, 6.45) is 0.486. The van der Waals surface area contributed by atoms with Crippen molar-refractivity contribution < 1.29 is 9.18 Å². The van der Waals surface area contributed by atoms with Crippen molar-refractivity contribution in [2.24, 2.45) is 0 Å². The predicted octanol–water partition coefficient (Wildman–Crippen LogP) is 3.86. The topological polar surface area (TPSA) is 35.6 Å². The van der Waals surface area contributed by atoms with E-state index in [0.717, 1.165) is 29.4 Å². The summed E-state index contributed by atoms with van der Waals surface area (Å²) in [6, 6.07) is 12.6. The molecule has 6 heteroatoms. The summed E-state index contributed by atoms with van der Waals surface area (Å²) in [7, 11) is 0. The quantitative estimate of drug-likeness (QED) is 0.880. The average Bonchev–Trinajstić information content (AvgIpc) is 2.65. The highest BCUT2D eigenvalue weighted by Gasteiger charge is 2.21. The van der Waals surface area contributed by atoms with E-state index in [1.165, 1.54) is 6.07 Å². The molecule has 0 saturated carbocycles. The normalized spacial score (nSPS) is 14.4. The lowest BCUT2D eigenvalue weighted by molar-refractivity contribution is 0.194. The predicted molar refractivity (Wildman–Crippen MR) is 103 cm³/mol. The highest BCUT2D eigenvalue weighted by atomic mass is 35.5. The van der Waals surface area contributed by atoms with Crippen LogP contribution >= 0.6 is 11.6 Å². The van der Waals surface area contributed by atoms with Crippen LogP contribution in [-0.4, -0.2) is 43.7 Å². The Morgan fingerprint density at radius 3 is 2.58 bits per heavy atom. The van der Waals surface area contributed by atoms with E-state index >= 15 is 0 Å². The van der Waals surface area contributed by atoms with Crippen molar-refractivity contribution in [2.75, 3.05) is 37.6 Å². The van der Waals surface area contributed by atoms with Gasteiger partial charge < -0.3 is 15.1 Å². The number of hydrogen-bond acceptors (Lipinski definition) is 2. The number of rotatable bonds is 4. The molecule has 0 aromatic heterocycles. The maximum Gasteiger partial charge on any atom is 0.317 e. The molecule has 26 heavy (non-hydrogen) atoms. The van der Waals surface area contributed by atoms with Crippen molar-refractivity contribution in [3.05, 3.63) is 64.4 Å². The molecule has 138 valence electrons. The second kappa shape index (κ2) is 8.41. The summed E-state index contributed by atoms with van der Waals surface area (Å²) in [5.41, 5.74) is 2.76. The van der Waals surface area contributed by atoms with Gasteiger partial charge in [-0.2, -0.15) is 0 Å². The van der Waals surface area contributed by atoms with E-state index in [4.69, 9.17) is 11.6 Å². The molecular formula is C20H23ClFN3O. The molecule has 1 aliphatic heterocycles. The van der Waals surface area contributed by atoms with Gasteiger partial charge in [0.25, 0.3) is 0 Å². The van der Waals surface area contributed by atoms with Gasteiger partial charge in [-0.15, -0.1) is 0 Å². The van der Waals surface area contributed by atoms with Crippen LogP contribution < -0.4 is 10.2 Å². The van der Waals surface area contributed by atoms with E-state index in [2.05, 4.69) is 16.3 Å². The van der Waals surface area contributed by atoms with Crippen LogP contribution in [0.25, 0.3) is 0 Å². The van der Waals surface area contributed by atoms with Crippen LogP contribution in [0.1, 0.15) is 11.1 Å². The molecule has 1 fully saturated rings. The Morgan fingerprint density at radius 1 is 1.15 bits per heavy atom. The number of urea groups is 1. The summed E-state index contributed by atoms with van der Waals surface area (Å²) in [6.45, 7) is 5.23. The minimum absolute atomic E-state index is 0.0945. The van der Waals surface area contributed by atoms with Crippen LogP contribution in [0.3, 0.4) is 0 Å². The largest absolute Gasteiger partial charge is 0.368 e. The Bertz CT molecular complexity index is 775. The van der Waals surface area contributed by atoms with Crippen LogP contribution in [0, 0.1) is 12.7 Å². The molecule has 0 unspecified atom stereocenters. The lowest BCUT2D eigenvalue weighted by Gasteiger charge is -2.36. The minimum Gasteiger partial charge on any atom is -0.368 e. The zero-order valence-electron chi connectivity index (χ0n) is 14.8. The fourth-order valence-electron chi connectivity index (χ4n) is 3.06. The van der Waals surface area contributed by atoms with E-state index in [-0.39, 0.29) is 11.8 Å². The van der Waals surface area contributed by atoms with Crippen molar-refractivity contribution in [1.82, 2.24) is 10.2 Å². The second-order valence-electron chi connectivity index (χ2n) is 6.48. The number of nitrogens with zero attached hydrogens (tertiary/aromatic N) is 2. The van der Waals surface area contributed by atoms with Crippen molar-refractivity contribution in [3.8, 4) is 0 Å². The first-order chi connectivity index (χ1) is 12.5. The van der Waals surface area contributed by atoms with Crippen molar-refractivity contribution in [3.63, 3.8) is 0 Å². The smallest absolute Gasteiger partial charge is 0.317 e. The first-order valence-corrected chi connectivity index (χ1v) is 9.19. The number of benzene rings is 2. The summed E-state index contributed by atoms with van der Waals surface area (Å²) >= 11 is 6.20. The number of piperazine rings is 1. The number of carbonyl (C=O) groups excluding carboxylic acids is 1. The van der Waals surface area contributed by atoms with Crippen molar-refractivity contribution in [2.45, 2.75) is 13.3 Å². The molecule has 2 amide bonds. The molecule has 0 atom stereocenters. The van der Waals surface area contributed by atoms with Gasteiger partial charge in [-0.3, -0.25) is 0 Å². The van der Waals surface area contributed by atoms with Gasteiger partial charge in [0, 0.05) is 43.4 Å². The molecule has 4 nitrogen and oxygen atoms in total. The molecule has 2 aromatic rings. The molecule has 1 saturated heterocycles. The summed E-state index contributed by atoms with van der Waals surface area (Å²) in [5.74, 6) is -0.230. The highest BCUT2D eigenvalue weighted by Crippen LogP contribution is 2.24. The van der Waals surface area contributed by atoms with E-state index < -0.39 is 0 Å². The monoisotopic (exact) mass is 375 g/mol. The maximum absolute atomic E-state index is 13.6. The van der Waals surface area contributed by atoms with Crippen LogP contribution in [0.15, 0.2) is 42.5 Å². The lowest BCUT2D eigenvalue weighted by atomic mass is 10.1. The van der Waals surface area contributed by atoms with E-state index in [0.29, 0.717) is 31.6 Å². The third kappa shape index (κ3) is 4.47. The van der Waals surface area contributed by atoms with Crippen LogP contribution in [0.2, 0.25) is 5.02 Å². The SMILES string of the molecule is Cc1ccc(N2CCN(C(=O)NCCc3ccccc3F)CC2)cc1Cl. The van der Waals surface area contributed by atoms with Gasteiger partial charge in [-0.05, 0) is 42.7 Å². The number of amides is 2. The first-order valence-electron chi connectivity index (χ1n) is 8.82. The van der Waals surface area contributed by atoms with Crippen molar-refractivity contribution in [1.29, 1.82) is 0 Å². The Hall–Kier alpha value is -2.27. The third-order valence-electron chi connectivity index (χ3n) is 4.72. The number of halogens is 2. The van der Waals surface area contributed by atoms with E-state index in [9.17, 15) is 9.18 Å². The molecule has 2 aromatic carbocycles. The zero-order valence-corrected chi connectivity index (χ0v) is 15.6. The van der Waals surface area contributed by atoms with Gasteiger partial charge in [0.1, 0.15) is 5.82 Å². The maximum atomic E-state index is 13.6. The molecular weight excluding hydrogens is 353 g/mol. The number of aryl methyl sites for hydroxylation is 1. The first kappa shape index (κ1) is 18.5. The van der Waals surface area contributed by atoms with Gasteiger partial charge in [0.05, 0.1) is 0 Å². The Labute approximate surface area is 158 Å². The molecule has 1 heterocycles.